The summed E-state index contributed by atoms with van der Waals surface area (Å²) in [7, 11) is 0. The molecule has 1 heterocycles. The molecule has 2 amide bonds. The van der Waals surface area contributed by atoms with E-state index in [1.807, 2.05) is 0 Å². The molecule has 3 rings (SSSR count). The van der Waals surface area contributed by atoms with E-state index in [4.69, 9.17) is 27.6 Å². The molecule has 0 aliphatic heterocycles. The van der Waals surface area contributed by atoms with Gasteiger partial charge in [-0.15, -0.1) is 11.6 Å². The van der Waals surface area contributed by atoms with Crippen molar-refractivity contribution in [3.05, 3.63) is 59.3 Å². The van der Waals surface area contributed by atoms with E-state index in [0.29, 0.717) is 21.7 Å². The zero-order valence-corrected chi connectivity index (χ0v) is 14.7. The van der Waals surface area contributed by atoms with Crippen LogP contribution in [0, 0.1) is 0 Å². The highest BCUT2D eigenvalue weighted by atomic mass is 35.5. The van der Waals surface area contributed by atoms with Crippen molar-refractivity contribution in [1.82, 2.24) is 0 Å². The highest BCUT2D eigenvalue weighted by Gasteiger charge is 2.23. The van der Waals surface area contributed by atoms with Crippen LogP contribution in [0.3, 0.4) is 0 Å². The molecule has 0 saturated heterocycles. The average Bonchev–Trinajstić information content (AvgIpc) is 2.93. The van der Waals surface area contributed by atoms with E-state index in [0.717, 1.165) is 0 Å². The quantitative estimate of drug-likeness (QED) is 0.635. The maximum absolute atomic E-state index is 12.6. The van der Waals surface area contributed by atoms with Crippen LogP contribution in [0.4, 0.5) is 11.4 Å². The van der Waals surface area contributed by atoms with Crippen molar-refractivity contribution >= 4 is 57.4 Å². The second-order valence-corrected chi connectivity index (χ2v) is 6.46. The summed E-state index contributed by atoms with van der Waals surface area (Å²) in [4.78, 5) is 24.6. The van der Waals surface area contributed by atoms with Crippen molar-refractivity contribution in [2.24, 2.45) is 0 Å². The van der Waals surface area contributed by atoms with Crippen molar-refractivity contribution in [1.29, 1.82) is 0 Å². The van der Waals surface area contributed by atoms with E-state index < -0.39 is 17.2 Å². The summed E-state index contributed by atoms with van der Waals surface area (Å²) in [6.45, 7) is 1.55. The Hall–Kier alpha value is -2.50. The molecule has 0 saturated carbocycles. The first-order valence-electron chi connectivity index (χ1n) is 7.49. The lowest BCUT2D eigenvalue weighted by Crippen LogP contribution is -2.22. The molecule has 2 N–H and O–H groups in total. The molecule has 1 aromatic heterocycles. The first kappa shape index (κ1) is 17.3. The molecule has 0 aliphatic rings. The third-order valence-corrected chi connectivity index (χ3v) is 3.93. The fourth-order valence-electron chi connectivity index (χ4n) is 2.31. The fourth-order valence-corrected chi connectivity index (χ4v) is 2.55. The average molecular weight is 377 g/mol. The Morgan fingerprint density at radius 2 is 1.84 bits per heavy atom. The van der Waals surface area contributed by atoms with Crippen molar-refractivity contribution in [2.45, 2.75) is 12.3 Å². The smallest absolute Gasteiger partial charge is 0.293 e. The molecule has 3 aromatic rings. The number of para-hydroxylation sites is 1. The molecule has 0 bridgehead atoms. The molecular weight excluding hydrogens is 363 g/mol. The third-order valence-electron chi connectivity index (χ3n) is 3.49. The van der Waals surface area contributed by atoms with Gasteiger partial charge in [0.05, 0.1) is 0 Å². The van der Waals surface area contributed by atoms with Crippen LogP contribution in [0.2, 0.25) is 5.02 Å². The summed E-state index contributed by atoms with van der Waals surface area (Å²) in [5.74, 6) is -0.937. The molecule has 0 aliphatic carbocycles. The second kappa shape index (κ2) is 7.17. The van der Waals surface area contributed by atoms with Crippen LogP contribution in [-0.2, 0) is 4.79 Å². The summed E-state index contributed by atoms with van der Waals surface area (Å²) in [5.41, 5.74) is 1.28. The molecule has 0 radical (unpaired) electrons. The Kier molecular flexibility index (Phi) is 4.97. The number of carbonyl (C=O) groups is 2. The molecule has 0 spiro atoms. The molecule has 0 unspecified atom stereocenters. The minimum absolute atomic E-state index is 0.00755. The van der Waals surface area contributed by atoms with Gasteiger partial charge in [0.2, 0.25) is 11.7 Å². The number of fused-ring (bicyclic) bond motifs is 1. The van der Waals surface area contributed by atoms with E-state index in [-0.39, 0.29) is 11.4 Å². The van der Waals surface area contributed by atoms with Crippen LogP contribution in [-0.4, -0.2) is 17.2 Å². The van der Waals surface area contributed by atoms with Crippen LogP contribution < -0.4 is 10.6 Å². The van der Waals surface area contributed by atoms with Crippen LogP contribution in [0.1, 0.15) is 17.5 Å². The zero-order valence-electron chi connectivity index (χ0n) is 13.2. The monoisotopic (exact) mass is 376 g/mol. The standard InChI is InChI=1S/C18H14Cl2N2O3/c1-10(19)17(23)22-15-13-7-2-3-8-14(13)25-16(15)18(24)21-12-6-4-5-11(20)9-12/h2-10H,1H3,(H,21,24)(H,22,23)/t10-/m1/s1. The van der Waals surface area contributed by atoms with Gasteiger partial charge in [0, 0.05) is 16.1 Å². The molecule has 25 heavy (non-hydrogen) atoms. The summed E-state index contributed by atoms with van der Waals surface area (Å²) < 4.78 is 5.64. The van der Waals surface area contributed by atoms with Gasteiger partial charge in [-0.25, -0.2) is 0 Å². The largest absolute Gasteiger partial charge is 0.449 e. The normalized spacial score (nSPS) is 12.0. The highest BCUT2D eigenvalue weighted by Crippen LogP contribution is 2.32. The Morgan fingerprint density at radius 3 is 2.56 bits per heavy atom. The lowest BCUT2D eigenvalue weighted by atomic mass is 10.2. The Labute approximate surface area is 153 Å². The van der Waals surface area contributed by atoms with Gasteiger partial charge in [0.25, 0.3) is 5.91 Å². The second-order valence-electron chi connectivity index (χ2n) is 5.37. The number of furan rings is 1. The number of alkyl halides is 1. The summed E-state index contributed by atoms with van der Waals surface area (Å²) in [6, 6.07) is 13.8. The van der Waals surface area contributed by atoms with E-state index in [1.165, 1.54) is 0 Å². The van der Waals surface area contributed by atoms with Crippen molar-refractivity contribution in [3.63, 3.8) is 0 Å². The Balaban J connectivity index is 1.99. The van der Waals surface area contributed by atoms with Gasteiger partial charge < -0.3 is 15.1 Å². The van der Waals surface area contributed by atoms with Crippen molar-refractivity contribution in [3.8, 4) is 0 Å². The lowest BCUT2D eigenvalue weighted by molar-refractivity contribution is -0.115. The molecule has 5 nitrogen and oxygen atoms in total. The predicted octanol–water partition coefficient (Wildman–Crippen LogP) is 4.90. The van der Waals surface area contributed by atoms with Gasteiger partial charge >= 0.3 is 0 Å². The maximum atomic E-state index is 12.6. The summed E-state index contributed by atoms with van der Waals surface area (Å²) >= 11 is 11.7. The number of benzene rings is 2. The predicted molar refractivity (Wildman–Crippen MR) is 99.6 cm³/mol. The number of rotatable bonds is 4. The first-order chi connectivity index (χ1) is 12.0. The van der Waals surface area contributed by atoms with Gasteiger partial charge in [0.1, 0.15) is 16.6 Å². The Bertz CT molecular complexity index is 950. The molecule has 1 atom stereocenters. The Morgan fingerprint density at radius 1 is 1.08 bits per heavy atom. The van der Waals surface area contributed by atoms with E-state index in [1.54, 1.807) is 55.5 Å². The number of hydrogen-bond donors (Lipinski definition) is 2. The molecule has 0 fully saturated rings. The SMILES string of the molecule is C[C@@H](Cl)C(=O)Nc1c(C(=O)Nc2cccc(Cl)c2)oc2ccccc12. The maximum Gasteiger partial charge on any atom is 0.293 e. The van der Waals surface area contributed by atoms with Gasteiger partial charge in [-0.1, -0.05) is 29.8 Å². The van der Waals surface area contributed by atoms with Gasteiger partial charge in [0.15, 0.2) is 0 Å². The van der Waals surface area contributed by atoms with Gasteiger partial charge in [-0.3, -0.25) is 9.59 Å². The fraction of sp³-hybridized carbons (Fsp3) is 0.111. The van der Waals surface area contributed by atoms with Gasteiger partial charge in [-0.2, -0.15) is 0 Å². The number of carbonyl (C=O) groups excluding carboxylic acids is 2. The minimum atomic E-state index is -0.752. The molecule has 2 aromatic carbocycles. The zero-order chi connectivity index (χ0) is 18.0. The number of nitrogens with one attached hydrogen (secondary N) is 2. The van der Waals surface area contributed by atoms with E-state index in [2.05, 4.69) is 10.6 Å². The van der Waals surface area contributed by atoms with Crippen LogP contribution in [0.5, 0.6) is 0 Å². The highest BCUT2D eigenvalue weighted by molar-refractivity contribution is 6.33. The molecule has 7 heteroatoms. The number of hydrogen-bond acceptors (Lipinski definition) is 3. The summed E-state index contributed by atoms with van der Waals surface area (Å²) in [6.07, 6.45) is 0. The number of halogens is 2. The molecule has 128 valence electrons. The summed E-state index contributed by atoms with van der Waals surface area (Å²) in [5, 5.41) is 5.72. The lowest BCUT2D eigenvalue weighted by Gasteiger charge is -2.08. The first-order valence-corrected chi connectivity index (χ1v) is 8.30. The van der Waals surface area contributed by atoms with Crippen molar-refractivity contribution < 1.29 is 14.0 Å². The number of amides is 2. The third kappa shape index (κ3) is 3.78. The number of anilines is 2. The van der Waals surface area contributed by atoms with E-state index >= 15 is 0 Å². The van der Waals surface area contributed by atoms with Gasteiger partial charge in [-0.05, 0) is 37.3 Å². The van der Waals surface area contributed by atoms with Crippen LogP contribution >= 0.6 is 23.2 Å². The van der Waals surface area contributed by atoms with E-state index in [9.17, 15) is 9.59 Å². The van der Waals surface area contributed by atoms with Crippen LogP contribution in [0.25, 0.3) is 11.0 Å². The van der Waals surface area contributed by atoms with Crippen molar-refractivity contribution in [2.75, 3.05) is 10.6 Å². The molecular formula is C18H14Cl2N2O3. The topological polar surface area (TPSA) is 71.3 Å². The minimum Gasteiger partial charge on any atom is -0.449 e. The van der Waals surface area contributed by atoms with Crippen LogP contribution in [0.15, 0.2) is 52.9 Å².